The van der Waals surface area contributed by atoms with Crippen LogP contribution in [0.1, 0.15) is 10.4 Å². The van der Waals surface area contributed by atoms with E-state index in [0.29, 0.717) is 38.8 Å². The Bertz CT molecular complexity index is 1090. The Balaban J connectivity index is 2.10. The molecule has 0 aliphatic carbocycles. The van der Waals surface area contributed by atoms with Gasteiger partial charge in [0.2, 0.25) is 0 Å². The Morgan fingerprint density at radius 1 is 1.03 bits per heavy atom. The van der Waals surface area contributed by atoms with E-state index in [1.54, 1.807) is 36.4 Å². The van der Waals surface area contributed by atoms with E-state index in [4.69, 9.17) is 21.1 Å². The molecule has 1 unspecified atom stereocenters. The van der Waals surface area contributed by atoms with Crippen molar-refractivity contribution in [2.75, 3.05) is 18.9 Å². The second-order valence-electron chi connectivity index (χ2n) is 5.98. The van der Waals surface area contributed by atoms with Crippen LogP contribution in [0.4, 0.5) is 5.69 Å². The molecule has 150 valence electrons. The number of phenols is 1. The summed E-state index contributed by atoms with van der Waals surface area (Å²) in [4.78, 5) is 11.6. The molecule has 29 heavy (non-hydrogen) atoms. The highest BCUT2D eigenvalue weighted by molar-refractivity contribution is 7.86. The van der Waals surface area contributed by atoms with Crippen molar-refractivity contribution in [2.24, 2.45) is 0 Å². The van der Waals surface area contributed by atoms with E-state index in [1.165, 1.54) is 26.4 Å². The van der Waals surface area contributed by atoms with E-state index in [9.17, 15) is 14.1 Å². The van der Waals surface area contributed by atoms with E-state index in [0.717, 1.165) is 6.29 Å². The van der Waals surface area contributed by atoms with Crippen LogP contribution >= 0.6 is 11.6 Å². The third-order valence-electron chi connectivity index (χ3n) is 4.18. The van der Waals surface area contributed by atoms with E-state index < -0.39 is 11.0 Å². The summed E-state index contributed by atoms with van der Waals surface area (Å²) in [7, 11) is 1.28. The molecule has 0 spiro atoms. The van der Waals surface area contributed by atoms with Crippen LogP contribution in [0.15, 0.2) is 59.5 Å². The number of nitrogens with one attached hydrogen (secondary N) is 1. The average molecular weight is 432 g/mol. The second kappa shape index (κ2) is 8.98. The average Bonchev–Trinajstić information content (AvgIpc) is 2.75. The van der Waals surface area contributed by atoms with Gasteiger partial charge < -0.3 is 19.3 Å². The first kappa shape index (κ1) is 20.7. The van der Waals surface area contributed by atoms with Crippen molar-refractivity contribution in [1.29, 1.82) is 0 Å². The molecule has 3 aromatic rings. The van der Waals surface area contributed by atoms with Gasteiger partial charge in [0.15, 0.2) is 22.5 Å². The lowest BCUT2D eigenvalue weighted by atomic mass is 10.0. The predicted molar refractivity (Wildman–Crippen MR) is 114 cm³/mol. The molecule has 0 saturated heterocycles. The van der Waals surface area contributed by atoms with Crippen LogP contribution in [0, 0.1) is 0 Å². The van der Waals surface area contributed by atoms with Gasteiger partial charge in [0.25, 0.3) is 0 Å². The van der Waals surface area contributed by atoms with Crippen LogP contribution in [0.25, 0.3) is 11.1 Å². The van der Waals surface area contributed by atoms with Crippen LogP contribution < -0.4 is 14.2 Å². The van der Waals surface area contributed by atoms with Crippen LogP contribution in [0.3, 0.4) is 0 Å². The summed E-state index contributed by atoms with van der Waals surface area (Å²) >= 11 is 5.83. The molecule has 0 saturated carbocycles. The maximum absolute atomic E-state index is 13.1. The molecule has 0 aliphatic rings. The number of anilines is 1. The Morgan fingerprint density at radius 3 is 2.41 bits per heavy atom. The number of aromatic hydroxyl groups is 1. The number of ether oxygens (including phenoxy) is 2. The number of aldehydes is 1. The molecule has 3 rings (SSSR count). The van der Waals surface area contributed by atoms with Gasteiger partial charge in [0.05, 0.1) is 29.8 Å². The van der Waals surface area contributed by atoms with Crippen molar-refractivity contribution in [3.05, 3.63) is 65.2 Å². The lowest BCUT2D eigenvalue weighted by molar-refractivity contribution is 0.112. The molecule has 0 fully saturated rings. The van der Waals surface area contributed by atoms with Gasteiger partial charge in [-0.05, 0) is 29.8 Å². The van der Waals surface area contributed by atoms with Crippen molar-refractivity contribution in [2.45, 2.75) is 4.90 Å². The van der Waals surface area contributed by atoms with Gasteiger partial charge in [0, 0.05) is 23.3 Å². The van der Waals surface area contributed by atoms with Gasteiger partial charge in [0.1, 0.15) is 12.0 Å². The van der Waals surface area contributed by atoms with Crippen LogP contribution in [-0.4, -0.2) is 29.8 Å². The number of methoxy groups -OCH3 is 2. The quantitative estimate of drug-likeness (QED) is 0.531. The standard InChI is InChI=1S/C21H18ClNO5S/c1-27-19-10-16(14-5-3-4-13(8-14)12-24)21(11-20(19)28-2)29(26)23-15-6-7-17(22)18(25)9-15/h3-12,23,25H,1-2H3. The van der Waals surface area contributed by atoms with Crippen LogP contribution in [0.5, 0.6) is 17.2 Å². The zero-order valence-corrected chi connectivity index (χ0v) is 17.2. The number of phenolic OH excluding ortho intramolecular Hbond substituents is 1. The van der Waals surface area contributed by atoms with Crippen molar-refractivity contribution in [1.82, 2.24) is 0 Å². The Hall–Kier alpha value is -3.03. The summed E-state index contributed by atoms with van der Waals surface area (Å²) in [5.41, 5.74) is 2.22. The van der Waals surface area contributed by atoms with Gasteiger partial charge in [-0.3, -0.25) is 4.79 Å². The lowest BCUT2D eigenvalue weighted by Gasteiger charge is -2.16. The second-order valence-corrected chi connectivity index (χ2v) is 7.57. The molecular weight excluding hydrogens is 414 g/mol. The fraction of sp³-hybridized carbons (Fsp3) is 0.0952. The Labute approximate surface area is 175 Å². The molecule has 0 bridgehead atoms. The summed E-state index contributed by atoms with van der Waals surface area (Å²) in [6, 6.07) is 14.7. The predicted octanol–water partition coefficient (Wildman–Crippen LogP) is 4.68. The van der Waals surface area contributed by atoms with Gasteiger partial charge >= 0.3 is 0 Å². The molecule has 0 aliphatic heterocycles. The fourth-order valence-corrected chi connectivity index (χ4v) is 3.92. The van der Waals surface area contributed by atoms with E-state index in [1.807, 2.05) is 6.07 Å². The van der Waals surface area contributed by atoms with Crippen molar-refractivity contribution >= 4 is 34.6 Å². The number of rotatable bonds is 7. The van der Waals surface area contributed by atoms with E-state index >= 15 is 0 Å². The number of benzene rings is 3. The normalized spacial score (nSPS) is 11.6. The van der Waals surface area contributed by atoms with E-state index in [2.05, 4.69) is 4.72 Å². The highest BCUT2D eigenvalue weighted by Crippen LogP contribution is 2.38. The summed E-state index contributed by atoms with van der Waals surface area (Å²) in [5.74, 6) is 0.746. The minimum absolute atomic E-state index is 0.125. The number of hydrogen-bond acceptors (Lipinski definition) is 5. The molecule has 6 nitrogen and oxygen atoms in total. The van der Waals surface area contributed by atoms with Gasteiger partial charge in [-0.2, -0.15) is 0 Å². The van der Waals surface area contributed by atoms with Crippen molar-refractivity contribution in [3.8, 4) is 28.4 Å². The molecule has 3 aromatic carbocycles. The SMILES string of the molecule is COc1cc(-c2cccc(C=O)c2)c(S(=O)Nc2ccc(Cl)c(O)c2)cc1OC. The first-order valence-corrected chi connectivity index (χ1v) is 9.98. The maximum atomic E-state index is 13.1. The van der Waals surface area contributed by atoms with Crippen molar-refractivity contribution in [3.63, 3.8) is 0 Å². The summed E-state index contributed by atoms with van der Waals surface area (Å²) < 4.78 is 26.7. The molecule has 8 heteroatoms. The third kappa shape index (κ3) is 4.52. The molecule has 0 amide bonds. The number of halogens is 1. The minimum Gasteiger partial charge on any atom is -0.506 e. The minimum atomic E-state index is -1.72. The van der Waals surface area contributed by atoms with Gasteiger partial charge in [-0.1, -0.05) is 29.8 Å². The summed E-state index contributed by atoms with van der Waals surface area (Å²) in [6.07, 6.45) is 0.746. The molecule has 0 heterocycles. The molecule has 1 atom stereocenters. The maximum Gasteiger partial charge on any atom is 0.162 e. The molecule has 2 N–H and O–H groups in total. The van der Waals surface area contributed by atoms with E-state index in [-0.39, 0.29) is 10.8 Å². The smallest absolute Gasteiger partial charge is 0.162 e. The lowest BCUT2D eigenvalue weighted by Crippen LogP contribution is -2.07. The number of carbonyl (C=O) groups excluding carboxylic acids is 1. The number of carbonyl (C=O) groups is 1. The topological polar surface area (TPSA) is 84.9 Å². The fourth-order valence-electron chi connectivity index (χ4n) is 2.76. The summed E-state index contributed by atoms with van der Waals surface area (Å²) in [6.45, 7) is 0. The Morgan fingerprint density at radius 2 is 1.76 bits per heavy atom. The van der Waals surface area contributed by atoms with Gasteiger partial charge in [-0.25, -0.2) is 4.21 Å². The zero-order valence-electron chi connectivity index (χ0n) is 15.6. The van der Waals surface area contributed by atoms with Crippen molar-refractivity contribution < 1.29 is 23.6 Å². The highest BCUT2D eigenvalue weighted by Gasteiger charge is 2.18. The van der Waals surface area contributed by atoms with Crippen LogP contribution in [-0.2, 0) is 11.0 Å². The first-order chi connectivity index (χ1) is 14.0. The molecule has 0 aromatic heterocycles. The number of hydrogen-bond donors (Lipinski definition) is 2. The summed E-state index contributed by atoms with van der Waals surface area (Å²) in [5, 5.41) is 9.98. The molecular formula is C21H18ClNO5S. The largest absolute Gasteiger partial charge is 0.506 e. The Kier molecular flexibility index (Phi) is 6.41. The van der Waals surface area contributed by atoms with Crippen LogP contribution in [0.2, 0.25) is 5.02 Å². The highest BCUT2D eigenvalue weighted by atomic mass is 35.5. The third-order valence-corrected chi connectivity index (χ3v) is 5.65. The molecule has 0 radical (unpaired) electrons. The first-order valence-electron chi connectivity index (χ1n) is 8.45. The van der Waals surface area contributed by atoms with Gasteiger partial charge in [-0.15, -0.1) is 0 Å². The monoisotopic (exact) mass is 431 g/mol. The zero-order chi connectivity index (χ0) is 21.0.